The zero-order valence-corrected chi connectivity index (χ0v) is 19.1. The van der Waals surface area contributed by atoms with Crippen molar-refractivity contribution in [2.45, 2.75) is 53.9 Å². The predicted octanol–water partition coefficient (Wildman–Crippen LogP) is -3.28. The number of likely N-dealkylation sites (N-methyl/N-ethyl adjacent to an activating group) is 1. The van der Waals surface area contributed by atoms with Crippen LogP contribution in [0.1, 0.15) is 41.5 Å². The normalized spacial score (nSPS) is 15.0. The van der Waals surface area contributed by atoms with E-state index in [1.807, 2.05) is 0 Å². The second kappa shape index (κ2) is 11.8. The largest absolute Gasteiger partial charge is 1.00 e. The summed E-state index contributed by atoms with van der Waals surface area (Å²) in [6.45, 7) is 19.3. The third-order valence-electron chi connectivity index (χ3n) is 4.89. The Labute approximate surface area is 161 Å². The van der Waals surface area contributed by atoms with E-state index in [1.54, 1.807) is 0 Å². The number of rotatable bonds is 9. The Kier molecular flexibility index (Phi) is 15.5. The molecule has 0 aromatic rings. The van der Waals surface area contributed by atoms with Gasteiger partial charge in [0, 0.05) is 6.92 Å². The summed E-state index contributed by atoms with van der Waals surface area (Å²) in [6.07, 6.45) is 0.585. The van der Waals surface area contributed by atoms with Gasteiger partial charge in [-0.25, -0.2) is 0 Å². The lowest BCUT2D eigenvalue weighted by Gasteiger charge is -2.40. The molecule has 0 saturated heterocycles. The molecule has 126 valence electrons. The third kappa shape index (κ3) is 8.10. The van der Waals surface area contributed by atoms with Gasteiger partial charge in [0.1, 0.15) is 12.6 Å². The Balaban J connectivity index is -0.00000144. The Bertz CT molecular complexity index is 226. The van der Waals surface area contributed by atoms with Crippen molar-refractivity contribution < 1.29 is 61.7 Å². The molecule has 0 aromatic carbocycles. The zero-order chi connectivity index (χ0) is 14.4. The molecule has 0 amide bonds. The molecule has 0 aliphatic rings. The van der Waals surface area contributed by atoms with Crippen molar-refractivity contribution in [1.29, 1.82) is 0 Å². The van der Waals surface area contributed by atoms with Gasteiger partial charge in [-0.3, -0.25) is 0 Å². The van der Waals surface area contributed by atoms with Crippen LogP contribution in [0.25, 0.3) is 0 Å². The highest BCUT2D eigenvalue weighted by molar-refractivity contribution is 4.51. The van der Waals surface area contributed by atoms with E-state index in [9.17, 15) is 0 Å². The molecule has 0 saturated carbocycles. The van der Waals surface area contributed by atoms with Crippen LogP contribution >= 0.6 is 0 Å². The fourth-order valence-corrected chi connectivity index (χ4v) is 2.40. The standard InChI is InChI=1S/C15H36N2O.2HI/c1-9-16(7,8)15(6)18-14(5)13-17(10-2,11-3)12-4;;/h14-15H,9-13H2,1-8H3;2*1H/q+2;;/p-2. The number of ether oxygens (including phenoxy) is 1. The minimum absolute atomic E-state index is 0. The summed E-state index contributed by atoms with van der Waals surface area (Å²) in [7, 11) is 4.47. The van der Waals surface area contributed by atoms with Gasteiger partial charge in [-0.1, -0.05) is 0 Å². The van der Waals surface area contributed by atoms with E-state index in [2.05, 4.69) is 55.6 Å². The van der Waals surface area contributed by atoms with Gasteiger partial charge >= 0.3 is 0 Å². The summed E-state index contributed by atoms with van der Waals surface area (Å²) < 4.78 is 8.31. The van der Waals surface area contributed by atoms with Crippen molar-refractivity contribution in [3.05, 3.63) is 0 Å². The maximum atomic E-state index is 6.22. The summed E-state index contributed by atoms with van der Waals surface area (Å²) in [6, 6.07) is 0. The van der Waals surface area contributed by atoms with Crippen LogP contribution in [0.4, 0.5) is 0 Å². The Hall–Kier alpha value is 1.34. The summed E-state index contributed by atoms with van der Waals surface area (Å²) in [5, 5.41) is 0. The number of halogens is 2. The van der Waals surface area contributed by atoms with Crippen molar-refractivity contribution >= 4 is 0 Å². The molecule has 0 spiro atoms. The maximum absolute atomic E-state index is 6.22. The molecular formula is C15H36I2N2O. The van der Waals surface area contributed by atoms with Crippen molar-refractivity contribution in [1.82, 2.24) is 0 Å². The fraction of sp³-hybridized carbons (Fsp3) is 1.00. The van der Waals surface area contributed by atoms with Gasteiger partial charge in [-0.05, 0) is 34.6 Å². The van der Waals surface area contributed by atoms with Crippen LogP contribution < -0.4 is 48.0 Å². The number of quaternary nitrogens is 2. The van der Waals surface area contributed by atoms with Crippen molar-refractivity contribution in [3.63, 3.8) is 0 Å². The second-order valence-corrected chi connectivity index (χ2v) is 6.11. The van der Waals surface area contributed by atoms with Gasteiger partial charge in [0.15, 0.2) is 6.23 Å². The van der Waals surface area contributed by atoms with E-state index >= 15 is 0 Å². The molecule has 0 aliphatic carbocycles. The topological polar surface area (TPSA) is 9.23 Å². The first kappa shape index (κ1) is 26.2. The van der Waals surface area contributed by atoms with Gasteiger partial charge < -0.3 is 61.7 Å². The van der Waals surface area contributed by atoms with Crippen LogP contribution in [0.15, 0.2) is 0 Å². The summed E-state index contributed by atoms with van der Waals surface area (Å²) in [5.41, 5.74) is 0. The molecule has 0 N–H and O–H groups in total. The van der Waals surface area contributed by atoms with E-state index < -0.39 is 0 Å². The molecule has 0 aliphatic heterocycles. The van der Waals surface area contributed by atoms with Crippen LogP contribution in [-0.4, -0.2) is 68.1 Å². The van der Waals surface area contributed by atoms with Crippen molar-refractivity contribution in [3.8, 4) is 0 Å². The predicted molar refractivity (Wildman–Crippen MR) is 79.4 cm³/mol. The van der Waals surface area contributed by atoms with Crippen LogP contribution in [0.2, 0.25) is 0 Å². The monoisotopic (exact) mass is 514 g/mol. The van der Waals surface area contributed by atoms with Crippen LogP contribution in [-0.2, 0) is 4.74 Å². The Morgan fingerprint density at radius 2 is 1.20 bits per heavy atom. The lowest BCUT2D eigenvalue weighted by atomic mass is 10.2. The lowest BCUT2D eigenvalue weighted by Crippen LogP contribution is -3.00. The highest BCUT2D eigenvalue weighted by Crippen LogP contribution is 2.14. The first-order valence-corrected chi connectivity index (χ1v) is 7.60. The Morgan fingerprint density at radius 1 is 0.800 bits per heavy atom. The minimum Gasteiger partial charge on any atom is -1.00 e. The molecule has 0 bridgehead atoms. The average Bonchev–Trinajstić information content (AvgIpc) is 2.36. The highest BCUT2D eigenvalue weighted by atomic mass is 127. The van der Waals surface area contributed by atoms with E-state index in [-0.39, 0.29) is 54.2 Å². The molecule has 0 aromatic heterocycles. The average molecular weight is 514 g/mol. The minimum atomic E-state index is 0. The van der Waals surface area contributed by atoms with Gasteiger partial charge in [0.05, 0.1) is 40.3 Å². The molecule has 2 unspecified atom stereocenters. The van der Waals surface area contributed by atoms with E-state index in [1.165, 1.54) is 19.6 Å². The Morgan fingerprint density at radius 3 is 1.50 bits per heavy atom. The summed E-state index contributed by atoms with van der Waals surface area (Å²) in [5.74, 6) is 0. The fourth-order valence-electron chi connectivity index (χ4n) is 2.40. The van der Waals surface area contributed by atoms with Crippen molar-refractivity contribution in [2.24, 2.45) is 0 Å². The van der Waals surface area contributed by atoms with E-state index in [0.29, 0.717) is 6.10 Å². The summed E-state index contributed by atoms with van der Waals surface area (Å²) in [4.78, 5) is 0. The molecule has 0 heterocycles. The third-order valence-corrected chi connectivity index (χ3v) is 4.89. The quantitative estimate of drug-likeness (QED) is 0.178. The maximum Gasteiger partial charge on any atom is 0.190 e. The van der Waals surface area contributed by atoms with Gasteiger partial charge in [0.25, 0.3) is 0 Å². The number of hydrogen-bond acceptors (Lipinski definition) is 1. The molecule has 0 fully saturated rings. The second-order valence-electron chi connectivity index (χ2n) is 6.11. The first-order valence-electron chi connectivity index (χ1n) is 7.60. The number of nitrogens with zero attached hydrogens (tertiary/aromatic N) is 2. The van der Waals surface area contributed by atoms with E-state index in [4.69, 9.17) is 4.74 Å². The van der Waals surface area contributed by atoms with Crippen molar-refractivity contribution in [2.75, 3.05) is 46.8 Å². The smallest absolute Gasteiger partial charge is 0.190 e. The van der Waals surface area contributed by atoms with Gasteiger partial charge in [0.2, 0.25) is 0 Å². The molecule has 2 atom stereocenters. The molecule has 3 nitrogen and oxygen atoms in total. The van der Waals surface area contributed by atoms with E-state index in [0.717, 1.165) is 22.1 Å². The van der Waals surface area contributed by atoms with Crippen LogP contribution in [0.3, 0.4) is 0 Å². The zero-order valence-electron chi connectivity index (χ0n) is 14.7. The summed E-state index contributed by atoms with van der Waals surface area (Å²) >= 11 is 0. The van der Waals surface area contributed by atoms with Gasteiger partial charge in [-0.2, -0.15) is 0 Å². The SMILES string of the molecule is CC[N+](CC)(CC)CC(C)OC(C)[N+](C)(C)CC.[I-].[I-]. The van der Waals surface area contributed by atoms with Gasteiger partial charge in [-0.15, -0.1) is 0 Å². The number of hydrogen-bond donors (Lipinski definition) is 0. The molecular weight excluding hydrogens is 478 g/mol. The first-order chi connectivity index (χ1) is 8.26. The van der Waals surface area contributed by atoms with Crippen LogP contribution in [0, 0.1) is 0 Å². The lowest BCUT2D eigenvalue weighted by molar-refractivity contribution is -0.943. The molecule has 20 heavy (non-hydrogen) atoms. The van der Waals surface area contributed by atoms with Crippen LogP contribution in [0.5, 0.6) is 0 Å². The highest BCUT2D eigenvalue weighted by Gasteiger charge is 2.29. The molecule has 0 rings (SSSR count). The molecule has 0 radical (unpaired) electrons. The molecule has 5 heteroatoms.